The van der Waals surface area contributed by atoms with Crippen LogP contribution in [0.3, 0.4) is 0 Å². The number of amides is 1. The van der Waals surface area contributed by atoms with Gasteiger partial charge in [0.05, 0.1) is 17.1 Å². The van der Waals surface area contributed by atoms with Crippen LogP contribution in [-0.2, 0) is 12.8 Å². The molecule has 0 spiro atoms. The van der Waals surface area contributed by atoms with Gasteiger partial charge < -0.3 is 19.3 Å². The Morgan fingerprint density at radius 2 is 1.21 bits per heavy atom. The van der Waals surface area contributed by atoms with Gasteiger partial charge in [-0.2, -0.15) is 0 Å². The molecule has 236 valence electrons. The molecule has 8 rings (SSSR count). The molecule has 0 atom stereocenters. The van der Waals surface area contributed by atoms with Gasteiger partial charge >= 0.3 is 0 Å². The Hall–Kier alpha value is -5.47. The Labute approximate surface area is 278 Å². The number of anilines is 2. The third kappa shape index (κ3) is 6.88. The van der Waals surface area contributed by atoms with E-state index in [0.29, 0.717) is 24.1 Å². The first-order valence-electron chi connectivity index (χ1n) is 15.4. The van der Waals surface area contributed by atoms with Crippen LogP contribution in [0.4, 0.5) is 11.4 Å². The highest BCUT2D eigenvalue weighted by Crippen LogP contribution is 2.39. The molecule has 2 aromatic heterocycles. The highest BCUT2D eigenvalue weighted by molar-refractivity contribution is 6.67. The fourth-order valence-corrected chi connectivity index (χ4v) is 5.93. The van der Waals surface area contributed by atoms with E-state index in [1.54, 1.807) is 24.3 Å². The zero-order chi connectivity index (χ0) is 32.8. The van der Waals surface area contributed by atoms with Crippen molar-refractivity contribution in [1.82, 2.24) is 10.3 Å². The van der Waals surface area contributed by atoms with Crippen molar-refractivity contribution in [2.75, 3.05) is 23.3 Å². The highest BCUT2D eigenvalue weighted by atomic mass is 35.5. The smallest absolute Gasteiger partial charge is 0.258 e. The number of benzene rings is 4. The molecule has 0 saturated heterocycles. The number of nitrogens with one attached hydrogen (secondary N) is 1. The van der Waals surface area contributed by atoms with Crippen LogP contribution in [-0.4, -0.2) is 34.6 Å². The van der Waals surface area contributed by atoms with E-state index in [4.69, 9.17) is 20.6 Å². The van der Waals surface area contributed by atoms with Crippen molar-refractivity contribution in [3.05, 3.63) is 143 Å². The average Bonchev–Trinajstić information content (AvgIpc) is 3.53. The molecular weight excluding hydrogens is 612 g/mol. The van der Waals surface area contributed by atoms with E-state index in [9.17, 15) is 9.59 Å². The molecule has 0 unspecified atom stereocenters. The van der Waals surface area contributed by atoms with Gasteiger partial charge in [0.15, 0.2) is 0 Å². The van der Waals surface area contributed by atoms with E-state index < -0.39 is 5.24 Å². The third-order valence-corrected chi connectivity index (χ3v) is 8.24. The minimum absolute atomic E-state index is 0.00816. The fraction of sp³-hybridized carbons (Fsp3) is 0.158. The number of aromatic nitrogens is 2. The van der Waals surface area contributed by atoms with Crippen molar-refractivity contribution in [3.8, 4) is 22.3 Å². The molecule has 47 heavy (non-hydrogen) atoms. The second-order valence-corrected chi connectivity index (χ2v) is 11.4. The molecule has 0 saturated carbocycles. The van der Waals surface area contributed by atoms with E-state index in [2.05, 4.69) is 27.8 Å². The zero-order valence-electron chi connectivity index (χ0n) is 26.1. The van der Waals surface area contributed by atoms with Crippen molar-refractivity contribution in [3.63, 3.8) is 0 Å². The molecule has 9 heteroatoms. The maximum Gasteiger partial charge on any atom is 0.258 e. The SMILES string of the molecule is Cc1noc2c1-c1ccccc1N(C(=O)c1ccccc1)CC2.Cc1noc2c1-c1ccccc1NCC2.O=C(Cl)c1ccccc1. The minimum atomic E-state index is -0.407. The van der Waals surface area contributed by atoms with Crippen molar-refractivity contribution < 1.29 is 18.6 Å². The van der Waals surface area contributed by atoms with Gasteiger partial charge in [-0.25, -0.2) is 0 Å². The van der Waals surface area contributed by atoms with Crippen LogP contribution in [0.1, 0.15) is 43.6 Å². The quantitative estimate of drug-likeness (QED) is 0.189. The lowest BCUT2D eigenvalue weighted by Crippen LogP contribution is -2.32. The number of hydrogen-bond acceptors (Lipinski definition) is 7. The summed E-state index contributed by atoms with van der Waals surface area (Å²) in [5, 5.41) is 11.1. The Kier molecular flexibility index (Phi) is 9.59. The van der Waals surface area contributed by atoms with Gasteiger partial charge in [0, 0.05) is 65.0 Å². The number of aryl methyl sites for hydroxylation is 2. The number of para-hydroxylation sites is 2. The summed E-state index contributed by atoms with van der Waals surface area (Å²) in [5.41, 5.74) is 9.53. The van der Waals surface area contributed by atoms with E-state index in [1.165, 1.54) is 11.3 Å². The predicted octanol–water partition coefficient (Wildman–Crippen LogP) is 8.54. The lowest BCUT2D eigenvalue weighted by molar-refractivity contribution is 0.0986. The molecular formula is C38H33ClN4O4. The first-order valence-corrected chi connectivity index (χ1v) is 15.7. The number of fused-ring (bicyclic) bond motifs is 6. The summed E-state index contributed by atoms with van der Waals surface area (Å²) in [7, 11) is 0. The Balaban J connectivity index is 0.000000138. The lowest BCUT2D eigenvalue weighted by atomic mass is 10.0. The molecule has 0 fully saturated rings. The van der Waals surface area contributed by atoms with E-state index in [-0.39, 0.29) is 5.91 Å². The average molecular weight is 645 g/mol. The van der Waals surface area contributed by atoms with Crippen LogP contribution < -0.4 is 10.2 Å². The Bertz CT molecular complexity index is 2000. The number of hydrogen-bond donors (Lipinski definition) is 1. The predicted molar refractivity (Wildman–Crippen MR) is 184 cm³/mol. The highest BCUT2D eigenvalue weighted by Gasteiger charge is 2.28. The standard InChI is InChI=1S/C19H16N2O2.C12H12N2O.C7H5ClO/c1-13-18-15-9-5-6-10-16(15)21(12-11-17(18)23-20-13)19(22)14-7-3-2-4-8-14;1-8-12-9-4-2-3-5-10(9)13-7-6-11(12)15-14-8;8-7(9)6-4-2-1-3-5-6/h2-10H,11-12H2,1H3;2-5,13H,6-7H2,1H3;1-5H. The van der Waals surface area contributed by atoms with Gasteiger partial charge in [0.25, 0.3) is 11.1 Å². The molecule has 0 aliphatic carbocycles. The van der Waals surface area contributed by atoms with Gasteiger partial charge in [-0.3, -0.25) is 9.59 Å². The number of halogens is 1. The molecule has 0 radical (unpaired) electrons. The second kappa shape index (κ2) is 14.3. The number of carbonyl (C=O) groups excluding carboxylic acids is 2. The fourth-order valence-electron chi connectivity index (χ4n) is 5.80. The summed E-state index contributed by atoms with van der Waals surface area (Å²) in [6, 6.07) is 34.3. The van der Waals surface area contributed by atoms with Gasteiger partial charge in [-0.05, 0) is 49.7 Å². The third-order valence-electron chi connectivity index (χ3n) is 8.02. The van der Waals surface area contributed by atoms with Gasteiger partial charge in [-0.15, -0.1) is 0 Å². The monoisotopic (exact) mass is 644 g/mol. The van der Waals surface area contributed by atoms with Crippen molar-refractivity contribution >= 4 is 34.1 Å². The topological polar surface area (TPSA) is 101 Å². The summed E-state index contributed by atoms with van der Waals surface area (Å²) in [6.07, 6.45) is 1.55. The van der Waals surface area contributed by atoms with Gasteiger partial charge in [0.2, 0.25) is 0 Å². The maximum absolute atomic E-state index is 13.0. The van der Waals surface area contributed by atoms with Crippen molar-refractivity contribution in [2.24, 2.45) is 0 Å². The van der Waals surface area contributed by atoms with Crippen molar-refractivity contribution in [1.29, 1.82) is 0 Å². The molecule has 1 N–H and O–H groups in total. The molecule has 2 aliphatic rings. The number of rotatable bonds is 2. The largest absolute Gasteiger partial charge is 0.384 e. The van der Waals surface area contributed by atoms with Crippen LogP contribution in [0.15, 0.2) is 118 Å². The van der Waals surface area contributed by atoms with Crippen LogP contribution in [0.5, 0.6) is 0 Å². The van der Waals surface area contributed by atoms with E-state index >= 15 is 0 Å². The summed E-state index contributed by atoms with van der Waals surface area (Å²) < 4.78 is 10.8. The molecule has 6 aromatic rings. The molecule has 8 nitrogen and oxygen atoms in total. The van der Waals surface area contributed by atoms with Crippen LogP contribution >= 0.6 is 11.6 Å². The summed E-state index contributed by atoms with van der Waals surface area (Å²) in [6.45, 7) is 5.41. The van der Waals surface area contributed by atoms with Crippen LogP contribution in [0, 0.1) is 13.8 Å². The van der Waals surface area contributed by atoms with E-state index in [0.717, 1.165) is 58.3 Å². The molecule has 1 amide bonds. The van der Waals surface area contributed by atoms with E-state index in [1.807, 2.05) is 91.5 Å². The summed E-state index contributed by atoms with van der Waals surface area (Å²) in [5.74, 6) is 1.84. The molecule has 4 heterocycles. The normalized spacial score (nSPS) is 12.5. The van der Waals surface area contributed by atoms with Crippen molar-refractivity contribution in [2.45, 2.75) is 26.7 Å². The Morgan fingerprint density at radius 3 is 1.85 bits per heavy atom. The van der Waals surface area contributed by atoms with Crippen LogP contribution in [0.25, 0.3) is 22.3 Å². The summed E-state index contributed by atoms with van der Waals surface area (Å²) in [4.78, 5) is 25.2. The lowest BCUT2D eigenvalue weighted by Gasteiger charge is -2.23. The first kappa shape index (κ1) is 31.5. The number of nitrogens with zero attached hydrogens (tertiary/aromatic N) is 3. The first-order chi connectivity index (χ1) is 22.9. The van der Waals surface area contributed by atoms with Gasteiger partial charge in [-0.1, -0.05) is 95.2 Å². The zero-order valence-corrected chi connectivity index (χ0v) is 26.8. The molecule has 0 bridgehead atoms. The number of carbonyl (C=O) groups is 2. The molecule has 2 aliphatic heterocycles. The Morgan fingerprint density at radius 1 is 0.681 bits per heavy atom. The van der Waals surface area contributed by atoms with Crippen LogP contribution in [0.2, 0.25) is 0 Å². The second-order valence-electron chi connectivity index (χ2n) is 11.1. The maximum atomic E-state index is 13.0. The minimum Gasteiger partial charge on any atom is -0.384 e. The summed E-state index contributed by atoms with van der Waals surface area (Å²) >= 11 is 5.16. The molecule has 4 aromatic carbocycles. The van der Waals surface area contributed by atoms with Gasteiger partial charge in [0.1, 0.15) is 11.5 Å².